The van der Waals surface area contributed by atoms with Gasteiger partial charge in [-0.1, -0.05) is 42.5 Å². The van der Waals surface area contributed by atoms with Crippen LogP contribution in [0.2, 0.25) is 5.28 Å². The van der Waals surface area contributed by atoms with Gasteiger partial charge in [-0.15, -0.1) is 0 Å². The molecule has 0 fully saturated rings. The van der Waals surface area contributed by atoms with Crippen molar-refractivity contribution < 1.29 is 13.9 Å². The zero-order valence-electron chi connectivity index (χ0n) is 14.0. The highest BCUT2D eigenvalue weighted by Crippen LogP contribution is 2.23. The molecule has 0 aliphatic rings. The number of nitrogens with zero attached hydrogens (tertiary/aromatic N) is 3. The number of halogens is 2. The van der Waals surface area contributed by atoms with E-state index in [0.717, 1.165) is 11.8 Å². The number of nitrogens with one attached hydrogen (secondary N) is 1. The van der Waals surface area contributed by atoms with Crippen molar-refractivity contribution in [3.8, 4) is 11.6 Å². The van der Waals surface area contributed by atoms with Crippen molar-refractivity contribution in [3.05, 3.63) is 83.0 Å². The predicted octanol–water partition coefficient (Wildman–Crippen LogP) is 3.75. The topological polar surface area (TPSA) is 76.5 Å². The fourth-order valence-electron chi connectivity index (χ4n) is 2.17. The van der Waals surface area contributed by atoms with Crippen LogP contribution in [-0.2, 0) is 11.2 Å². The molecule has 0 aliphatic heterocycles. The minimum atomic E-state index is -0.730. The average molecular weight is 385 g/mol. The second kappa shape index (κ2) is 8.86. The third-order valence-electron chi connectivity index (χ3n) is 3.37. The number of amides is 1. The summed E-state index contributed by atoms with van der Waals surface area (Å²) in [5, 5.41) is 3.80. The number of benzene rings is 2. The molecule has 1 heterocycles. The normalized spacial score (nSPS) is 10.7. The van der Waals surface area contributed by atoms with Crippen LogP contribution in [0.4, 0.5) is 4.39 Å². The maximum absolute atomic E-state index is 13.6. The van der Waals surface area contributed by atoms with Gasteiger partial charge in [-0.3, -0.25) is 4.79 Å². The maximum atomic E-state index is 13.6. The summed E-state index contributed by atoms with van der Waals surface area (Å²) in [7, 11) is 0. The minimum Gasteiger partial charge on any atom is -0.436 e. The Hall–Kier alpha value is -3.32. The molecular formula is C19H14ClFN4O2. The van der Waals surface area contributed by atoms with Crippen LogP contribution >= 0.6 is 11.6 Å². The first kappa shape index (κ1) is 18.5. The third kappa shape index (κ3) is 5.58. The molecule has 0 spiro atoms. The Balaban J connectivity index is 1.61. The molecule has 0 bridgehead atoms. The largest absolute Gasteiger partial charge is 0.436 e. The molecule has 1 aromatic heterocycles. The SMILES string of the molecule is O=C(Cc1ccccc1)N/N=C\c1cccc(Oc2nc(Cl)ncc2F)c1. The van der Waals surface area contributed by atoms with Crippen LogP contribution in [0.15, 0.2) is 65.9 Å². The molecule has 3 rings (SSSR count). The van der Waals surface area contributed by atoms with Gasteiger partial charge in [0.15, 0.2) is 0 Å². The molecule has 1 amide bonds. The number of hydrogen-bond donors (Lipinski definition) is 1. The summed E-state index contributed by atoms with van der Waals surface area (Å²) in [5.74, 6) is -0.905. The highest BCUT2D eigenvalue weighted by molar-refractivity contribution is 6.28. The van der Waals surface area contributed by atoms with E-state index >= 15 is 0 Å². The van der Waals surface area contributed by atoms with Crippen LogP contribution < -0.4 is 10.2 Å². The highest BCUT2D eigenvalue weighted by atomic mass is 35.5. The summed E-state index contributed by atoms with van der Waals surface area (Å²) in [6.07, 6.45) is 2.62. The van der Waals surface area contributed by atoms with Gasteiger partial charge >= 0.3 is 0 Å². The van der Waals surface area contributed by atoms with Crippen LogP contribution in [0.5, 0.6) is 11.6 Å². The summed E-state index contributed by atoms with van der Waals surface area (Å²) in [6, 6.07) is 16.0. The van der Waals surface area contributed by atoms with E-state index in [2.05, 4.69) is 20.5 Å². The molecule has 8 heteroatoms. The summed E-state index contributed by atoms with van der Waals surface area (Å²) in [6.45, 7) is 0. The fourth-order valence-corrected chi connectivity index (χ4v) is 2.30. The van der Waals surface area contributed by atoms with E-state index in [4.69, 9.17) is 16.3 Å². The zero-order chi connectivity index (χ0) is 19.1. The van der Waals surface area contributed by atoms with Crippen LogP contribution in [-0.4, -0.2) is 22.1 Å². The van der Waals surface area contributed by atoms with Gasteiger partial charge in [-0.05, 0) is 34.9 Å². The lowest BCUT2D eigenvalue weighted by Gasteiger charge is -2.06. The summed E-state index contributed by atoms with van der Waals surface area (Å²) < 4.78 is 19.0. The monoisotopic (exact) mass is 384 g/mol. The lowest BCUT2D eigenvalue weighted by molar-refractivity contribution is -0.120. The van der Waals surface area contributed by atoms with Gasteiger partial charge in [0.2, 0.25) is 17.0 Å². The fraction of sp³-hybridized carbons (Fsp3) is 0.0526. The Labute approximate surface area is 159 Å². The Morgan fingerprint density at radius 1 is 1.22 bits per heavy atom. The van der Waals surface area contributed by atoms with E-state index < -0.39 is 5.82 Å². The summed E-state index contributed by atoms with van der Waals surface area (Å²) in [4.78, 5) is 19.1. The average Bonchev–Trinajstić information content (AvgIpc) is 2.66. The molecule has 136 valence electrons. The standard InChI is InChI=1S/C19H14ClFN4O2/c20-19-22-12-16(21)18(24-19)27-15-8-4-7-14(9-15)11-23-25-17(26)10-13-5-2-1-3-6-13/h1-9,11-12H,10H2,(H,25,26)/b23-11-. The van der Waals surface area contributed by atoms with Crippen molar-refractivity contribution in [1.29, 1.82) is 0 Å². The van der Waals surface area contributed by atoms with E-state index in [9.17, 15) is 9.18 Å². The second-order valence-electron chi connectivity index (χ2n) is 5.42. The predicted molar refractivity (Wildman–Crippen MR) is 99.4 cm³/mol. The quantitative estimate of drug-likeness (QED) is 0.399. The number of ether oxygens (including phenoxy) is 1. The van der Waals surface area contributed by atoms with Crippen molar-refractivity contribution >= 4 is 23.7 Å². The molecule has 2 aromatic carbocycles. The number of carbonyl (C=O) groups excluding carboxylic acids is 1. The molecule has 6 nitrogen and oxygen atoms in total. The molecule has 0 aliphatic carbocycles. The summed E-state index contributed by atoms with van der Waals surface area (Å²) in [5.41, 5.74) is 4.00. The van der Waals surface area contributed by atoms with Gasteiger partial charge in [0.1, 0.15) is 5.75 Å². The van der Waals surface area contributed by atoms with Crippen molar-refractivity contribution in [2.24, 2.45) is 5.10 Å². The van der Waals surface area contributed by atoms with Gasteiger partial charge in [-0.25, -0.2) is 10.4 Å². The van der Waals surface area contributed by atoms with Crippen molar-refractivity contribution in [1.82, 2.24) is 15.4 Å². The smallest absolute Gasteiger partial charge is 0.260 e. The first-order chi connectivity index (χ1) is 13.1. The second-order valence-corrected chi connectivity index (χ2v) is 5.76. The highest BCUT2D eigenvalue weighted by Gasteiger charge is 2.08. The van der Waals surface area contributed by atoms with E-state index in [-0.39, 0.29) is 23.5 Å². The van der Waals surface area contributed by atoms with Crippen LogP contribution in [0.1, 0.15) is 11.1 Å². The number of rotatable bonds is 6. The number of hydrazone groups is 1. The maximum Gasteiger partial charge on any atom is 0.260 e. The lowest BCUT2D eigenvalue weighted by atomic mass is 10.1. The number of carbonyl (C=O) groups is 1. The van der Waals surface area contributed by atoms with E-state index in [1.807, 2.05) is 30.3 Å². The Kier molecular flexibility index (Phi) is 6.06. The van der Waals surface area contributed by atoms with Crippen LogP contribution in [0.25, 0.3) is 0 Å². The molecule has 3 aromatic rings. The number of hydrogen-bond acceptors (Lipinski definition) is 5. The minimum absolute atomic E-state index is 0.120. The van der Waals surface area contributed by atoms with Crippen molar-refractivity contribution in [2.75, 3.05) is 0 Å². The van der Waals surface area contributed by atoms with Gasteiger partial charge in [0.05, 0.1) is 18.8 Å². The number of aromatic nitrogens is 2. The van der Waals surface area contributed by atoms with Gasteiger partial charge in [-0.2, -0.15) is 14.5 Å². The lowest BCUT2D eigenvalue weighted by Crippen LogP contribution is -2.19. The summed E-state index contributed by atoms with van der Waals surface area (Å²) >= 11 is 5.64. The first-order valence-electron chi connectivity index (χ1n) is 7.92. The van der Waals surface area contributed by atoms with Crippen LogP contribution in [0, 0.1) is 5.82 Å². The molecule has 0 atom stereocenters. The van der Waals surface area contributed by atoms with Gasteiger partial charge in [0.25, 0.3) is 5.88 Å². The van der Waals surface area contributed by atoms with Gasteiger partial charge in [0, 0.05) is 0 Å². The molecule has 0 saturated carbocycles. The van der Waals surface area contributed by atoms with E-state index in [1.54, 1.807) is 24.3 Å². The van der Waals surface area contributed by atoms with Crippen molar-refractivity contribution in [2.45, 2.75) is 6.42 Å². The van der Waals surface area contributed by atoms with E-state index in [0.29, 0.717) is 11.3 Å². The Bertz CT molecular complexity index is 967. The third-order valence-corrected chi connectivity index (χ3v) is 3.55. The first-order valence-corrected chi connectivity index (χ1v) is 8.30. The van der Waals surface area contributed by atoms with Crippen LogP contribution in [0.3, 0.4) is 0 Å². The molecule has 1 N–H and O–H groups in total. The molecule has 0 radical (unpaired) electrons. The van der Waals surface area contributed by atoms with Gasteiger partial charge < -0.3 is 4.74 Å². The molecule has 0 unspecified atom stereocenters. The molecular weight excluding hydrogens is 371 g/mol. The van der Waals surface area contributed by atoms with Crippen molar-refractivity contribution in [3.63, 3.8) is 0 Å². The Morgan fingerprint density at radius 3 is 2.85 bits per heavy atom. The molecule has 27 heavy (non-hydrogen) atoms. The molecule has 0 saturated heterocycles. The Morgan fingerprint density at radius 2 is 2.04 bits per heavy atom. The zero-order valence-corrected chi connectivity index (χ0v) is 14.7. The van der Waals surface area contributed by atoms with E-state index in [1.165, 1.54) is 6.21 Å².